The number of benzene rings is 1. The molecular formula is C11H7Cl2N5. The predicted molar refractivity (Wildman–Crippen MR) is 70.9 cm³/mol. The Morgan fingerprint density at radius 1 is 1.28 bits per heavy atom. The number of nitrogens with one attached hydrogen (secondary N) is 1. The van der Waals surface area contributed by atoms with E-state index in [4.69, 9.17) is 34.2 Å². The lowest BCUT2D eigenvalue weighted by Crippen LogP contribution is -2.00. The third-order valence-electron chi connectivity index (χ3n) is 2.12. The van der Waals surface area contributed by atoms with E-state index in [0.29, 0.717) is 27.1 Å². The molecule has 1 heterocycles. The molecule has 2 rings (SSSR count). The third kappa shape index (κ3) is 2.62. The molecule has 0 spiro atoms. The van der Waals surface area contributed by atoms with Crippen molar-refractivity contribution in [3.05, 3.63) is 40.0 Å². The first-order valence-electron chi connectivity index (χ1n) is 4.85. The van der Waals surface area contributed by atoms with E-state index in [1.54, 1.807) is 18.2 Å². The van der Waals surface area contributed by atoms with E-state index in [9.17, 15) is 0 Å². The van der Waals surface area contributed by atoms with E-state index in [0.717, 1.165) is 0 Å². The Hall–Kier alpha value is -2.03. The highest BCUT2D eigenvalue weighted by atomic mass is 35.5. The van der Waals surface area contributed by atoms with Crippen LogP contribution in [0.15, 0.2) is 24.4 Å². The highest BCUT2D eigenvalue weighted by Crippen LogP contribution is 2.26. The molecule has 0 bridgehead atoms. The molecule has 3 N–H and O–H groups in total. The van der Waals surface area contributed by atoms with Gasteiger partial charge in [-0.1, -0.05) is 23.2 Å². The Morgan fingerprint density at radius 2 is 2.06 bits per heavy atom. The second-order valence-electron chi connectivity index (χ2n) is 3.36. The molecule has 0 saturated carbocycles. The molecule has 5 nitrogen and oxygen atoms in total. The smallest absolute Gasteiger partial charge is 0.222 e. The molecule has 0 aliphatic rings. The second-order valence-corrected chi connectivity index (χ2v) is 4.17. The largest absolute Gasteiger partial charge is 0.368 e. The number of hydrogen-bond acceptors (Lipinski definition) is 5. The van der Waals surface area contributed by atoms with Crippen molar-refractivity contribution >= 4 is 40.7 Å². The Labute approximate surface area is 113 Å². The van der Waals surface area contributed by atoms with Crippen LogP contribution in [0, 0.1) is 11.3 Å². The molecule has 18 heavy (non-hydrogen) atoms. The summed E-state index contributed by atoms with van der Waals surface area (Å²) < 4.78 is 0. The molecule has 2 aromatic rings. The number of nitrogens with zero attached hydrogens (tertiary/aromatic N) is 3. The minimum Gasteiger partial charge on any atom is -0.368 e. The number of nitrogen functional groups attached to an aromatic ring is 1. The maximum absolute atomic E-state index is 8.77. The van der Waals surface area contributed by atoms with Crippen molar-refractivity contribution in [3.8, 4) is 6.07 Å². The van der Waals surface area contributed by atoms with E-state index < -0.39 is 0 Å². The first-order valence-corrected chi connectivity index (χ1v) is 5.60. The average Bonchev–Trinajstić information content (AvgIpc) is 2.34. The molecule has 1 aromatic carbocycles. The number of aromatic nitrogens is 2. The number of halogens is 2. The van der Waals surface area contributed by atoms with Crippen LogP contribution in [0.5, 0.6) is 0 Å². The van der Waals surface area contributed by atoms with Crippen molar-refractivity contribution in [2.75, 3.05) is 11.1 Å². The van der Waals surface area contributed by atoms with Gasteiger partial charge in [0.1, 0.15) is 11.1 Å². The van der Waals surface area contributed by atoms with Gasteiger partial charge in [-0.05, 0) is 18.2 Å². The zero-order valence-electron chi connectivity index (χ0n) is 8.98. The number of nitrogens with two attached hydrogens (primary N) is 1. The van der Waals surface area contributed by atoms with Crippen LogP contribution in [0.2, 0.25) is 10.0 Å². The van der Waals surface area contributed by atoms with Crippen molar-refractivity contribution in [1.82, 2.24) is 9.97 Å². The fourth-order valence-corrected chi connectivity index (χ4v) is 1.65. The summed E-state index contributed by atoms with van der Waals surface area (Å²) in [7, 11) is 0. The van der Waals surface area contributed by atoms with Crippen LogP contribution in [0.25, 0.3) is 0 Å². The molecule has 0 atom stereocenters. The van der Waals surface area contributed by atoms with Crippen molar-refractivity contribution < 1.29 is 0 Å². The molecule has 0 saturated heterocycles. The van der Waals surface area contributed by atoms with Gasteiger partial charge in [-0.2, -0.15) is 10.2 Å². The summed E-state index contributed by atoms with van der Waals surface area (Å²) in [5.74, 6) is 0.492. The summed E-state index contributed by atoms with van der Waals surface area (Å²) in [6.07, 6.45) is 1.40. The van der Waals surface area contributed by atoms with E-state index in [1.165, 1.54) is 6.20 Å². The molecule has 0 aliphatic heterocycles. The minimum atomic E-state index is 0.113. The Kier molecular flexibility index (Phi) is 3.51. The van der Waals surface area contributed by atoms with E-state index in [1.807, 2.05) is 6.07 Å². The van der Waals surface area contributed by atoms with E-state index >= 15 is 0 Å². The van der Waals surface area contributed by atoms with Gasteiger partial charge in [0, 0.05) is 5.69 Å². The summed E-state index contributed by atoms with van der Waals surface area (Å²) in [4.78, 5) is 7.71. The third-order valence-corrected chi connectivity index (χ3v) is 2.70. The van der Waals surface area contributed by atoms with Gasteiger partial charge in [-0.15, -0.1) is 0 Å². The number of rotatable bonds is 2. The van der Waals surface area contributed by atoms with Crippen LogP contribution in [-0.2, 0) is 0 Å². The Morgan fingerprint density at radius 3 is 2.72 bits per heavy atom. The van der Waals surface area contributed by atoms with Crippen LogP contribution in [0.1, 0.15) is 5.56 Å². The topological polar surface area (TPSA) is 87.6 Å². The van der Waals surface area contributed by atoms with Crippen molar-refractivity contribution in [1.29, 1.82) is 5.26 Å². The zero-order valence-corrected chi connectivity index (χ0v) is 10.5. The van der Waals surface area contributed by atoms with Crippen LogP contribution < -0.4 is 11.1 Å². The normalized spacial score (nSPS) is 9.83. The fourth-order valence-electron chi connectivity index (χ4n) is 1.29. The molecule has 0 unspecified atom stereocenters. The first kappa shape index (κ1) is 12.4. The maximum Gasteiger partial charge on any atom is 0.222 e. The number of hydrogen-bond donors (Lipinski definition) is 2. The molecule has 0 aliphatic carbocycles. The lowest BCUT2D eigenvalue weighted by atomic mass is 10.2. The summed E-state index contributed by atoms with van der Waals surface area (Å²) in [6, 6.07) is 6.88. The minimum absolute atomic E-state index is 0.113. The SMILES string of the molecule is N#Cc1ccc(Nc2nc(N)ncc2Cl)cc1Cl. The van der Waals surface area contributed by atoms with Crippen LogP contribution in [0.4, 0.5) is 17.5 Å². The highest BCUT2D eigenvalue weighted by molar-refractivity contribution is 6.33. The van der Waals surface area contributed by atoms with Gasteiger partial charge < -0.3 is 11.1 Å². The fraction of sp³-hybridized carbons (Fsp3) is 0. The van der Waals surface area contributed by atoms with Crippen molar-refractivity contribution in [2.24, 2.45) is 0 Å². The average molecular weight is 280 g/mol. The van der Waals surface area contributed by atoms with E-state index in [2.05, 4.69) is 15.3 Å². The predicted octanol–water partition coefficient (Wildman–Crippen LogP) is 2.98. The molecule has 0 fully saturated rings. The summed E-state index contributed by atoms with van der Waals surface area (Å²) in [6.45, 7) is 0. The van der Waals surface area contributed by atoms with Crippen LogP contribution in [-0.4, -0.2) is 9.97 Å². The van der Waals surface area contributed by atoms with Gasteiger partial charge in [0.15, 0.2) is 5.82 Å². The van der Waals surface area contributed by atoms with E-state index in [-0.39, 0.29) is 5.95 Å². The molecule has 1 aromatic heterocycles. The standard InChI is InChI=1S/C11H7Cl2N5/c12-8-3-7(2-1-6(8)4-14)17-10-9(13)5-16-11(15)18-10/h1-3,5H,(H3,15,16,17,18). The molecular weight excluding hydrogens is 273 g/mol. The van der Waals surface area contributed by atoms with Gasteiger partial charge >= 0.3 is 0 Å². The molecule has 7 heteroatoms. The molecule has 0 amide bonds. The maximum atomic E-state index is 8.77. The number of nitriles is 1. The number of anilines is 3. The Bertz CT molecular complexity index is 636. The lowest BCUT2D eigenvalue weighted by Gasteiger charge is -2.08. The van der Waals surface area contributed by atoms with Gasteiger partial charge in [-0.25, -0.2) is 4.98 Å². The summed E-state index contributed by atoms with van der Waals surface area (Å²) in [5.41, 5.74) is 6.52. The quantitative estimate of drug-likeness (QED) is 0.882. The summed E-state index contributed by atoms with van der Waals surface area (Å²) >= 11 is 11.8. The monoisotopic (exact) mass is 279 g/mol. The van der Waals surface area contributed by atoms with Gasteiger partial charge in [0.25, 0.3) is 0 Å². The lowest BCUT2D eigenvalue weighted by molar-refractivity contribution is 1.18. The highest BCUT2D eigenvalue weighted by Gasteiger charge is 2.06. The second kappa shape index (κ2) is 5.08. The molecule has 90 valence electrons. The summed E-state index contributed by atoms with van der Waals surface area (Å²) in [5, 5.41) is 12.4. The van der Waals surface area contributed by atoms with Crippen molar-refractivity contribution in [3.63, 3.8) is 0 Å². The molecule has 0 radical (unpaired) electrons. The van der Waals surface area contributed by atoms with Crippen molar-refractivity contribution in [2.45, 2.75) is 0 Å². The Balaban J connectivity index is 2.32. The van der Waals surface area contributed by atoms with Crippen LogP contribution in [0.3, 0.4) is 0 Å². The van der Waals surface area contributed by atoms with Crippen LogP contribution >= 0.6 is 23.2 Å². The zero-order chi connectivity index (χ0) is 13.1. The first-order chi connectivity index (χ1) is 8.60. The van der Waals surface area contributed by atoms with Gasteiger partial charge in [0.2, 0.25) is 5.95 Å². The van der Waals surface area contributed by atoms with Gasteiger partial charge in [0.05, 0.1) is 16.8 Å². The van der Waals surface area contributed by atoms with Gasteiger partial charge in [-0.3, -0.25) is 0 Å².